The number of nitrogens with one attached hydrogen (secondary N) is 2. The van der Waals surface area contributed by atoms with E-state index < -0.39 is 6.04 Å². The van der Waals surface area contributed by atoms with Crippen LogP contribution >= 0.6 is 0 Å². The normalized spacial score (nSPS) is 12.5. The number of nitrogens with zero attached hydrogens (tertiary/aromatic N) is 4. The highest BCUT2D eigenvalue weighted by Gasteiger charge is 2.21. The lowest BCUT2D eigenvalue weighted by Crippen LogP contribution is -2.35. The minimum atomic E-state index is -0.540. The summed E-state index contributed by atoms with van der Waals surface area (Å²) in [7, 11) is 1.87. The molecule has 2 aromatic heterocycles. The molecule has 0 unspecified atom stereocenters. The van der Waals surface area contributed by atoms with Crippen LogP contribution in [0.25, 0.3) is 11.1 Å². The maximum absolute atomic E-state index is 13.2. The first-order valence-corrected chi connectivity index (χ1v) is 11.1. The summed E-state index contributed by atoms with van der Waals surface area (Å²) in [6.07, 6.45) is 5.42. The molecule has 4 aromatic rings. The highest BCUT2D eigenvalue weighted by Crippen LogP contribution is 2.21. The summed E-state index contributed by atoms with van der Waals surface area (Å²) in [6.45, 7) is 2.68. The molecular formula is C27H26N6O. The summed E-state index contributed by atoms with van der Waals surface area (Å²) < 4.78 is 1.74. The fourth-order valence-electron chi connectivity index (χ4n) is 3.71. The van der Waals surface area contributed by atoms with Gasteiger partial charge in [0.05, 0.1) is 17.8 Å². The quantitative estimate of drug-likeness (QED) is 0.414. The van der Waals surface area contributed by atoms with Crippen molar-refractivity contribution in [2.45, 2.75) is 18.9 Å². The van der Waals surface area contributed by atoms with E-state index in [9.17, 15) is 4.79 Å². The van der Waals surface area contributed by atoms with E-state index in [-0.39, 0.29) is 11.8 Å². The standard InChI is InChI=1S/C27H26N6O/c1-19(21-10-8-20(14-28)9-11-21)15-30-26(22-6-4-3-5-7-22)27(34)32-25-13-12-23(16-29-25)24-17-31-33(2)18-24/h3-13,16-19,26,30H,15H2,1-2H3,(H,29,32,34)/t19-,26+/m1/s1. The number of aryl methyl sites for hydroxylation is 1. The number of carbonyl (C=O) groups excluding carboxylic acids is 1. The van der Waals surface area contributed by atoms with Gasteiger partial charge in [0.25, 0.3) is 0 Å². The Morgan fingerprint density at radius 3 is 2.38 bits per heavy atom. The van der Waals surface area contributed by atoms with E-state index in [1.807, 2.05) is 73.9 Å². The molecule has 0 saturated carbocycles. The first-order valence-electron chi connectivity index (χ1n) is 11.1. The summed E-state index contributed by atoms with van der Waals surface area (Å²) in [5, 5.41) is 19.5. The molecule has 0 saturated heterocycles. The molecule has 2 N–H and O–H groups in total. The number of aromatic nitrogens is 3. The van der Waals surface area contributed by atoms with Crippen LogP contribution in [0.5, 0.6) is 0 Å². The fourth-order valence-corrected chi connectivity index (χ4v) is 3.71. The third kappa shape index (κ3) is 5.55. The summed E-state index contributed by atoms with van der Waals surface area (Å²) in [5.74, 6) is 0.462. The second kappa shape index (κ2) is 10.6. The molecule has 4 rings (SSSR count). The van der Waals surface area contributed by atoms with Crippen LogP contribution in [0.4, 0.5) is 5.82 Å². The van der Waals surface area contributed by atoms with Crippen LogP contribution in [0.3, 0.4) is 0 Å². The number of pyridine rings is 1. The van der Waals surface area contributed by atoms with E-state index in [4.69, 9.17) is 5.26 Å². The van der Waals surface area contributed by atoms with Gasteiger partial charge in [0.2, 0.25) is 5.91 Å². The van der Waals surface area contributed by atoms with Crippen LogP contribution < -0.4 is 10.6 Å². The summed E-state index contributed by atoms with van der Waals surface area (Å²) >= 11 is 0. The summed E-state index contributed by atoms with van der Waals surface area (Å²) in [6, 6.07) is 22.5. The lowest BCUT2D eigenvalue weighted by molar-refractivity contribution is -0.118. The van der Waals surface area contributed by atoms with Crippen molar-refractivity contribution in [3.63, 3.8) is 0 Å². The molecule has 2 atom stereocenters. The maximum atomic E-state index is 13.2. The van der Waals surface area contributed by atoms with Gasteiger partial charge in [0.1, 0.15) is 11.9 Å². The van der Waals surface area contributed by atoms with E-state index in [2.05, 4.69) is 33.7 Å². The number of carbonyl (C=O) groups is 1. The van der Waals surface area contributed by atoms with E-state index in [0.717, 1.165) is 22.3 Å². The SMILES string of the molecule is C[C@H](CN[C@H](C(=O)Nc1ccc(-c2cnn(C)c2)cn1)c1ccccc1)c1ccc(C#N)cc1. The van der Waals surface area contributed by atoms with Gasteiger partial charge in [-0.1, -0.05) is 49.4 Å². The van der Waals surface area contributed by atoms with Gasteiger partial charge in [-0.15, -0.1) is 0 Å². The van der Waals surface area contributed by atoms with Crippen molar-refractivity contribution in [2.24, 2.45) is 7.05 Å². The topological polar surface area (TPSA) is 95.6 Å². The van der Waals surface area contributed by atoms with Gasteiger partial charge in [-0.05, 0) is 41.3 Å². The Bertz CT molecular complexity index is 1270. The Morgan fingerprint density at radius 1 is 1.00 bits per heavy atom. The van der Waals surface area contributed by atoms with Crippen LogP contribution in [0.15, 0.2) is 85.3 Å². The molecule has 170 valence electrons. The smallest absolute Gasteiger partial charge is 0.247 e. The van der Waals surface area contributed by atoms with Crippen molar-refractivity contribution in [1.29, 1.82) is 5.26 Å². The highest BCUT2D eigenvalue weighted by atomic mass is 16.2. The third-order valence-corrected chi connectivity index (χ3v) is 5.69. The zero-order chi connectivity index (χ0) is 23.9. The molecule has 0 spiro atoms. The zero-order valence-electron chi connectivity index (χ0n) is 19.1. The van der Waals surface area contributed by atoms with Gasteiger partial charge in [0.15, 0.2) is 0 Å². The molecule has 2 aromatic carbocycles. The fraction of sp³-hybridized carbons (Fsp3) is 0.185. The van der Waals surface area contributed by atoms with E-state index in [0.29, 0.717) is 17.9 Å². The number of amides is 1. The molecule has 7 nitrogen and oxygen atoms in total. The Morgan fingerprint density at radius 2 is 1.76 bits per heavy atom. The van der Waals surface area contributed by atoms with Crippen molar-refractivity contribution >= 4 is 11.7 Å². The van der Waals surface area contributed by atoms with Gasteiger partial charge in [-0.3, -0.25) is 9.48 Å². The molecule has 7 heteroatoms. The Labute approximate surface area is 199 Å². The average molecular weight is 451 g/mol. The third-order valence-electron chi connectivity index (χ3n) is 5.69. The van der Waals surface area contributed by atoms with E-state index in [1.54, 1.807) is 23.1 Å². The summed E-state index contributed by atoms with van der Waals surface area (Å²) in [5.41, 5.74) is 4.51. The molecule has 0 fully saturated rings. The van der Waals surface area contributed by atoms with Gasteiger partial charge in [-0.2, -0.15) is 10.4 Å². The van der Waals surface area contributed by atoms with Gasteiger partial charge < -0.3 is 10.6 Å². The van der Waals surface area contributed by atoms with Gasteiger partial charge in [-0.25, -0.2) is 4.98 Å². The minimum absolute atomic E-state index is 0.156. The van der Waals surface area contributed by atoms with Gasteiger partial charge >= 0.3 is 0 Å². The monoisotopic (exact) mass is 450 g/mol. The Kier molecular flexibility index (Phi) is 7.11. The molecule has 0 aliphatic carbocycles. The molecule has 0 aliphatic heterocycles. The second-order valence-corrected chi connectivity index (χ2v) is 8.21. The van der Waals surface area contributed by atoms with Crippen molar-refractivity contribution in [2.75, 3.05) is 11.9 Å². The molecule has 2 heterocycles. The Hall–Kier alpha value is -4.28. The number of anilines is 1. The van der Waals surface area contributed by atoms with Crippen molar-refractivity contribution < 1.29 is 4.79 Å². The predicted octanol–water partition coefficient (Wildman–Crippen LogP) is 4.43. The molecule has 0 radical (unpaired) electrons. The lowest BCUT2D eigenvalue weighted by atomic mass is 9.98. The first kappa shape index (κ1) is 22.9. The highest BCUT2D eigenvalue weighted by molar-refractivity contribution is 5.95. The maximum Gasteiger partial charge on any atom is 0.247 e. The van der Waals surface area contributed by atoms with Crippen LogP contribution in [0.1, 0.15) is 35.6 Å². The zero-order valence-corrected chi connectivity index (χ0v) is 19.1. The number of hydrogen-bond acceptors (Lipinski definition) is 5. The first-order chi connectivity index (χ1) is 16.5. The number of nitriles is 1. The van der Waals surface area contributed by atoms with Crippen LogP contribution in [0, 0.1) is 11.3 Å². The van der Waals surface area contributed by atoms with Crippen molar-refractivity contribution in [1.82, 2.24) is 20.1 Å². The number of hydrogen-bond donors (Lipinski definition) is 2. The minimum Gasteiger partial charge on any atom is -0.309 e. The van der Waals surface area contributed by atoms with E-state index in [1.165, 1.54) is 0 Å². The number of benzene rings is 2. The molecule has 1 amide bonds. The molecule has 0 aliphatic rings. The molecule has 0 bridgehead atoms. The molecule has 34 heavy (non-hydrogen) atoms. The number of rotatable bonds is 8. The summed E-state index contributed by atoms with van der Waals surface area (Å²) in [4.78, 5) is 17.7. The second-order valence-electron chi connectivity index (χ2n) is 8.21. The predicted molar refractivity (Wildman–Crippen MR) is 132 cm³/mol. The lowest BCUT2D eigenvalue weighted by Gasteiger charge is -2.21. The Balaban J connectivity index is 1.46. The van der Waals surface area contributed by atoms with Crippen LogP contribution in [0.2, 0.25) is 0 Å². The van der Waals surface area contributed by atoms with Crippen LogP contribution in [-0.2, 0) is 11.8 Å². The molecular weight excluding hydrogens is 424 g/mol. The van der Waals surface area contributed by atoms with Crippen molar-refractivity contribution in [3.8, 4) is 17.2 Å². The van der Waals surface area contributed by atoms with Gasteiger partial charge in [0, 0.05) is 37.1 Å². The van der Waals surface area contributed by atoms with Crippen molar-refractivity contribution in [3.05, 3.63) is 102 Å². The van der Waals surface area contributed by atoms with Crippen LogP contribution in [-0.4, -0.2) is 27.2 Å². The van der Waals surface area contributed by atoms with E-state index >= 15 is 0 Å². The average Bonchev–Trinajstić information content (AvgIpc) is 3.31. The largest absolute Gasteiger partial charge is 0.309 e.